The second kappa shape index (κ2) is 7.86. The number of ether oxygens (including phenoxy) is 2. The molecule has 0 atom stereocenters. The molecule has 156 valence electrons. The largest absolute Gasteiger partial charge is 0.497 e. The number of hydrogen-bond donors (Lipinski definition) is 0. The number of esters is 1. The molecule has 32 heavy (non-hydrogen) atoms. The van der Waals surface area contributed by atoms with Crippen molar-refractivity contribution in [1.29, 1.82) is 0 Å². The van der Waals surface area contributed by atoms with Crippen LogP contribution < -0.4 is 9.47 Å². The van der Waals surface area contributed by atoms with Crippen LogP contribution in [-0.4, -0.2) is 13.1 Å². The van der Waals surface area contributed by atoms with E-state index in [1.165, 1.54) is 22.3 Å². The second-order valence-electron chi connectivity index (χ2n) is 7.72. The molecule has 0 N–H and O–H groups in total. The summed E-state index contributed by atoms with van der Waals surface area (Å²) in [7, 11) is 1.67. The van der Waals surface area contributed by atoms with Gasteiger partial charge in [-0.3, -0.25) is 0 Å². The van der Waals surface area contributed by atoms with Gasteiger partial charge >= 0.3 is 5.97 Å². The van der Waals surface area contributed by atoms with Crippen molar-refractivity contribution in [3.05, 3.63) is 132 Å². The van der Waals surface area contributed by atoms with Gasteiger partial charge in [-0.15, -0.1) is 0 Å². The number of carbonyl (C=O) groups excluding carboxylic acids is 1. The maximum absolute atomic E-state index is 11.6. The maximum atomic E-state index is 11.6. The van der Waals surface area contributed by atoms with Crippen LogP contribution in [0.25, 0.3) is 11.1 Å². The van der Waals surface area contributed by atoms with Crippen molar-refractivity contribution >= 4 is 5.97 Å². The van der Waals surface area contributed by atoms with Crippen LogP contribution in [0.3, 0.4) is 0 Å². The lowest BCUT2D eigenvalue weighted by atomic mass is 9.68. The molecule has 5 rings (SSSR count). The van der Waals surface area contributed by atoms with Gasteiger partial charge in [0.1, 0.15) is 11.5 Å². The van der Waals surface area contributed by atoms with Gasteiger partial charge in [0.2, 0.25) is 0 Å². The molecule has 0 radical (unpaired) electrons. The molecule has 0 heterocycles. The first-order chi connectivity index (χ1) is 15.7. The summed E-state index contributed by atoms with van der Waals surface area (Å²) >= 11 is 0. The van der Waals surface area contributed by atoms with E-state index in [0.29, 0.717) is 5.75 Å². The van der Waals surface area contributed by atoms with Crippen LogP contribution in [0.2, 0.25) is 0 Å². The highest BCUT2D eigenvalue weighted by Crippen LogP contribution is 2.56. The summed E-state index contributed by atoms with van der Waals surface area (Å²) in [6, 6.07) is 33.1. The van der Waals surface area contributed by atoms with E-state index in [4.69, 9.17) is 9.47 Å². The standard InChI is InChI=1S/C29H22O3/c1-3-28(30)32-23-18-14-21(15-19-23)29(20-12-16-22(31-2)17-13-20)26-10-6-4-8-24(26)25-9-5-7-11-27(25)29/h3-19H,1H2,2H3. The SMILES string of the molecule is C=CC(=O)Oc1ccc(C2(c3ccc(OC)cc3)c3ccccc3-c3ccccc32)cc1. The molecule has 1 aliphatic rings. The van der Waals surface area contributed by atoms with E-state index in [-0.39, 0.29) is 0 Å². The minimum absolute atomic E-state index is 0.473. The number of benzene rings is 4. The molecule has 0 saturated carbocycles. The van der Waals surface area contributed by atoms with Crippen molar-refractivity contribution < 1.29 is 14.3 Å². The van der Waals surface area contributed by atoms with Crippen LogP contribution >= 0.6 is 0 Å². The van der Waals surface area contributed by atoms with Gasteiger partial charge in [0.05, 0.1) is 12.5 Å². The predicted octanol–water partition coefficient (Wildman–Crippen LogP) is 6.15. The Labute approximate surface area is 187 Å². The van der Waals surface area contributed by atoms with Crippen LogP contribution in [0.4, 0.5) is 0 Å². The Morgan fingerprint density at radius 2 is 1.19 bits per heavy atom. The molecule has 3 heteroatoms. The smallest absolute Gasteiger partial charge is 0.335 e. The molecule has 0 aliphatic heterocycles. The van der Waals surface area contributed by atoms with E-state index in [1.54, 1.807) is 7.11 Å². The summed E-state index contributed by atoms with van der Waals surface area (Å²) in [6.45, 7) is 3.47. The summed E-state index contributed by atoms with van der Waals surface area (Å²) in [4.78, 5) is 11.6. The van der Waals surface area contributed by atoms with Crippen molar-refractivity contribution in [1.82, 2.24) is 0 Å². The van der Waals surface area contributed by atoms with Crippen LogP contribution in [0.1, 0.15) is 22.3 Å². The minimum Gasteiger partial charge on any atom is -0.497 e. The average molecular weight is 418 g/mol. The molecule has 0 saturated heterocycles. The molecule has 1 aliphatic carbocycles. The summed E-state index contributed by atoms with van der Waals surface area (Å²) in [6.07, 6.45) is 1.16. The van der Waals surface area contributed by atoms with E-state index < -0.39 is 11.4 Å². The Morgan fingerprint density at radius 3 is 1.66 bits per heavy atom. The molecule has 4 aromatic carbocycles. The number of carbonyl (C=O) groups is 1. The molecule has 0 fully saturated rings. The summed E-state index contributed by atoms with van der Waals surface area (Å²) in [5.41, 5.74) is 6.64. The highest BCUT2D eigenvalue weighted by atomic mass is 16.5. The lowest BCUT2D eigenvalue weighted by Gasteiger charge is -2.34. The summed E-state index contributed by atoms with van der Waals surface area (Å²) < 4.78 is 10.7. The highest BCUT2D eigenvalue weighted by Gasteiger charge is 2.45. The van der Waals surface area contributed by atoms with Crippen molar-refractivity contribution in [3.63, 3.8) is 0 Å². The summed E-state index contributed by atoms with van der Waals surface area (Å²) in [5.74, 6) is 0.831. The normalized spacial score (nSPS) is 13.0. The number of fused-ring (bicyclic) bond motifs is 3. The van der Waals surface area contributed by atoms with Gasteiger partial charge in [0.15, 0.2) is 0 Å². The van der Waals surface area contributed by atoms with E-state index >= 15 is 0 Å². The number of rotatable bonds is 5. The van der Waals surface area contributed by atoms with E-state index in [1.807, 2.05) is 36.4 Å². The van der Waals surface area contributed by atoms with Crippen molar-refractivity contribution in [3.8, 4) is 22.6 Å². The van der Waals surface area contributed by atoms with Crippen molar-refractivity contribution in [2.45, 2.75) is 5.41 Å². The maximum Gasteiger partial charge on any atom is 0.335 e. The topological polar surface area (TPSA) is 35.5 Å². The Kier molecular flexibility index (Phi) is 4.87. The fourth-order valence-electron chi connectivity index (χ4n) is 4.80. The third kappa shape index (κ3) is 2.94. The molecule has 0 spiro atoms. The van der Waals surface area contributed by atoms with Crippen molar-refractivity contribution in [2.75, 3.05) is 7.11 Å². The Bertz CT molecular complexity index is 1260. The molecule has 0 unspecified atom stereocenters. The van der Waals surface area contributed by atoms with Gasteiger partial charge in [-0.2, -0.15) is 0 Å². The van der Waals surface area contributed by atoms with Crippen molar-refractivity contribution in [2.24, 2.45) is 0 Å². The van der Waals surface area contributed by atoms with Gasteiger partial charge in [-0.25, -0.2) is 4.79 Å². The van der Waals surface area contributed by atoms with Gasteiger partial charge in [0.25, 0.3) is 0 Å². The zero-order chi connectivity index (χ0) is 22.1. The lowest BCUT2D eigenvalue weighted by molar-refractivity contribution is -0.128. The first-order valence-corrected chi connectivity index (χ1v) is 10.5. The van der Waals surface area contributed by atoms with Crippen LogP contribution in [0.5, 0.6) is 11.5 Å². The van der Waals surface area contributed by atoms with E-state index in [0.717, 1.165) is 23.0 Å². The van der Waals surface area contributed by atoms with E-state index in [9.17, 15) is 4.79 Å². The highest BCUT2D eigenvalue weighted by molar-refractivity contribution is 5.86. The molecule has 4 aromatic rings. The molecule has 3 nitrogen and oxygen atoms in total. The molecule has 0 aromatic heterocycles. The van der Waals surface area contributed by atoms with Gasteiger partial charge in [-0.1, -0.05) is 79.4 Å². The monoisotopic (exact) mass is 418 g/mol. The molecule has 0 bridgehead atoms. The van der Waals surface area contributed by atoms with E-state index in [2.05, 4.69) is 67.2 Å². The molecule has 0 amide bonds. The zero-order valence-electron chi connectivity index (χ0n) is 17.7. The Balaban J connectivity index is 1.78. The average Bonchev–Trinajstić information content (AvgIpc) is 3.16. The van der Waals surface area contributed by atoms with Crippen LogP contribution in [0, 0.1) is 0 Å². The molecular weight excluding hydrogens is 396 g/mol. The van der Waals surface area contributed by atoms with Gasteiger partial charge < -0.3 is 9.47 Å². The second-order valence-corrected chi connectivity index (χ2v) is 7.72. The third-order valence-corrected chi connectivity index (χ3v) is 6.15. The Hall–Kier alpha value is -4.11. The Morgan fingerprint density at radius 1 is 0.719 bits per heavy atom. The van der Waals surface area contributed by atoms with Gasteiger partial charge in [-0.05, 0) is 57.6 Å². The number of hydrogen-bond acceptors (Lipinski definition) is 3. The summed E-state index contributed by atoms with van der Waals surface area (Å²) in [5, 5.41) is 0. The predicted molar refractivity (Wildman–Crippen MR) is 126 cm³/mol. The number of methoxy groups -OCH3 is 1. The first-order valence-electron chi connectivity index (χ1n) is 10.5. The quantitative estimate of drug-likeness (QED) is 0.195. The lowest BCUT2D eigenvalue weighted by Crippen LogP contribution is -2.28. The third-order valence-electron chi connectivity index (χ3n) is 6.15. The zero-order valence-corrected chi connectivity index (χ0v) is 17.7. The molecular formula is C29H22O3. The minimum atomic E-state index is -0.500. The fourth-order valence-corrected chi connectivity index (χ4v) is 4.80. The fraction of sp³-hybridized carbons (Fsp3) is 0.0690. The van der Waals surface area contributed by atoms with Crippen LogP contribution in [0.15, 0.2) is 110 Å². The van der Waals surface area contributed by atoms with Crippen LogP contribution in [-0.2, 0) is 10.2 Å². The van der Waals surface area contributed by atoms with Gasteiger partial charge in [0, 0.05) is 6.08 Å². The first kappa shape index (κ1) is 19.8.